The van der Waals surface area contributed by atoms with E-state index >= 15 is 0 Å². The number of sulfonamides is 1. The van der Waals surface area contributed by atoms with Crippen LogP contribution < -0.4 is 4.31 Å². The van der Waals surface area contributed by atoms with Gasteiger partial charge in [0, 0.05) is 11.3 Å². The number of carbonyl (C=O) groups excluding carboxylic acids is 1. The van der Waals surface area contributed by atoms with Crippen molar-refractivity contribution < 1.29 is 13.2 Å². The first kappa shape index (κ1) is 14.9. The lowest BCUT2D eigenvalue weighted by molar-refractivity contribution is -0.104. The minimum absolute atomic E-state index is 0.217. The molecular formula is C14H15NO3S2. The first-order valence-electron chi connectivity index (χ1n) is 5.96. The molecule has 1 aliphatic heterocycles. The van der Waals surface area contributed by atoms with Gasteiger partial charge in [-0.15, -0.1) is 11.8 Å². The molecule has 6 heteroatoms. The molecule has 1 aromatic rings. The van der Waals surface area contributed by atoms with Gasteiger partial charge in [-0.3, -0.25) is 4.79 Å². The van der Waals surface area contributed by atoms with E-state index in [2.05, 4.69) is 0 Å². The van der Waals surface area contributed by atoms with Crippen molar-refractivity contribution >= 4 is 33.8 Å². The van der Waals surface area contributed by atoms with Gasteiger partial charge in [-0.1, -0.05) is 18.2 Å². The van der Waals surface area contributed by atoms with Gasteiger partial charge in [0.2, 0.25) is 0 Å². The average molecular weight is 309 g/mol. The lowest BCUT2D eigenvalue weighted by atomic mass is 10.1. The molecule has 106 valence electrons. The van der Waals surface area contributed by atoms with E-state index in [0.29, 0.717) is 28.8 Å². The highest BCUT2D eigenvalue weighted by Gasteiger charge is 2.36. The van der Waals surface area contributed by atoms with E-state index in [0.717, 1.165) is 11.8 Å². The number of anilines is 1. The third kappa shape index (κ3) is 2.19. The lowest BCUT2D eigenvalue weighted by Gasteiger charge is -2.31. The van der Waals surface area contributed by atoms with E-state index in [-0.39, 0.29) is 4.24 Å². The minimum atomic E-state index is -3.65. The fourth-order valence-corrected chi connectivity index (χ4v) is 5.28. The highest BCUT2D eigenvalue weighted by molar-refractivity contribution is 8.19. The number of benzene rings is 1. The summed E-state index contributed by atoms with van der Waals surface area (Å²) in [5.74, 6) is 0. The summed E-state index contributed by atoms with van der Waals surface area (Å²) < 4.78 is 26.9. The van der Waals surface area contributed by atoms with Crippen molar-refractivity contribution in [3.8, 4) is 0 Å². The van der Waals surface area contributed by atoms with Crippen LogP contribution in [0.4, 0.5) is 5.69 Å². The van der Waals surface area contributed by atoms with Gasteiger partial charge in [0.1, 0.15) is 4.24 Å². The molecule has 1 aromatic carbocycles. The van der Waals surface area contributed by atoms with Crippen LogP contribution in [0.1, 0.15) is 13.8 Å². The van der Waals surface area contributed by atoms with Gasteiger partial charge in [0.25, 0.3) is 10.0 Å². The van der Waals surface area contributed by atoms with Crippen molar-refractivity contribution in [3.63, 3.8) is 0 Å². The van der Waals surface area contributed by atoms with Crippen LogP contribution in [-0.2, 0) is 14.8 Å². The number of nitrogens with zero attached hydrogens (tertiary/aromatic N) is 1. The van der Waals surface area contributed by atoms with Crippen LogP contribution in [0.25, 0.3) is 0 Å². The van der Waals surface area contributed by atoms with Crippen LogP contribution in [0.15, 0.2) is 51.4 Å². The third-order valence-corrected chi connectivity index (χ3v) is 6.72. The van der Waals surface area contributed by atoms with Crippen LogP contribution in [-0.4, -0.2) is 21.0 Å². The highest BCUT2D eigenvalue weighted by Crippen LogP contribution is 2.40. The Balaban J connectivity index is 2.76. The predicted octanol–water partition coefficient (Wildman–Crippen LogP) is 2.90. The molecule has 0 atom stereocenters. The molecule has 20 heavy (non-hydrogen) atoms. The SMILES string of the molecule is CSC1=C(C)C(C=O)=C(C)N(c2ccccc2)S1(=O)=O. The zero-order valence-electron chi connectivity index (χ0n) is 11.5. The number of carbonyl (C=O) groups is 1. The summed E-state index contributed by atoms with van der Waals surface area (Å²) in [6.07, 6.45) is 2.41. The van der Waals surface area contributed by atoms with Crippen molar-refractivity contribution in [1.82, 2.24) is 0 Å². The monoisotopic (exact) mass is 309 g/mol. The van der Waals surface area contributed by atoms with Crippen molar-refractivity contribution in [2.75, 3.05) is 10.6 Å². The van der Waals surface area contributed by atoms with Crippen LogP contribution in [0.2, 0.25) is 0 Å². The van der Waals surface area contributed by atoms with E-state index in [1.54, 1.807) is 44.4 Å². The number of allylic oxidation sites excluding steroid dienone is 3. The topological polar surface area (TPSA) is 54.5 Å². The molecule has 0 saturated carbocycles. The molecule has 0 aliphatic carbocycles. The molecule has 0 fully saturated rings. The fourth-order valence-electron chi connectivity index (χ4n) is 2.28. The fraction of sp³-hybridized carbons (Fsp3) is 0.214. The Bertz CT molecular complexity index is 703. The van der Waals surface area contributed by atoms with Gasteiger partial charge in [-0.2, -0.15) is 0 Å². The maximum Gasteiger partial charge on any atom is 0.274 e. The summed E-state index contributed by atoms with van der Waals surface area (Å²) in [5.41, 5.74) is 1.90. The second kappa shape index (κ2) is 5.46. The second-order valence-electron chi connectivity index (χ2n) is 4.34. The molecule has 0 bridgehead atoms. The van der Waals surface area contributed by atoms with Gasteiger partial charge in [0.15, 0.2) is 6.29 Å². The Hall–Kier alpha value is -1.53. The quantitative estimate of drug-likeness (QED) is 0.806. The lowest BCUT2D eigenvalue weighted by Crippen LogP contribution is -2.34. The Morgan fingerprint density at radius 3 is 2.25 bits per heavy atom. The summed E-state index contributed by atoms with van der Waals surface area (Å²) in [6.45, 7) is 3.31. The molecule has 1 heterocycles. The van der Waals surface area contributed by atoms with Gasteiger partial charge < -0.3 is 0 Å². The van der Waals surface area contributed by atoms with Gasteiger partial charge in [0.05, 0.1) is 5.69 Å². The Morgan fingerprint density at radius 1 is 1.15 bits per heavy atom. The van der Waals surface area contributed by atoms with Gasteiger partial charge >= 0.3 is 0 Å². The van der Waals surface area contributed by atoms with Crippen LogP contribution in [0, 0.1) is 0 Å². The van der Waals surface area contributed by atoms with Crippen LogP contribution in [0.3, 0.4) is 0 Å². The van der Waals surface area contributed by atoms with Crippen molar-refractivity contribution in [1.29, 1.82) is 0 Å². The summed E-state index contributed by atoms with van der Waals surface area (Å²) >= 11 is 1.14. The number of aldehydes is 1. The van der Waals surface area contributed by atoms with E-state index in [4.69, 9.17) is 0 Å². The molecule has 1 aliphatic rings. The molecule has 0 saturated heterocycles. The first-order chi connectivity index (χ1) is 9.45. The zero-order valence-corrected chi connectivity index (χ0v) is 13.1. The molecule has 0 amide bonds. The van der Waals surface area contributed by atoms with E-state index in [1.165, 1.54) is 4.31 Å². The summed E-state index contributed by atoms with van der Waals surface area (Å²) in [4.78, 5) is 11.3. The van der Waals surface area contributed by atoms with Gasteiger partial charge in [-0.05, 0) is 37.8 Å². The molecule has 0 spiro atoms. The summed E-state index contributed by atoms with van der Waals surface area (Å²) in [5, 5.41) is 0. The van der Waals surface area contributed by atoms with E-state index < -0.39 is 10.0 Å². The summed E-state index contributed by atoms with van der Waals surface area (Å²) in [6, 6.07) is 8.77. The number of thioether (sulfide) groups is 1. The number of hydrogen-bond donors (Lipinski definition) is 0. The predicted molar refractivity (Wildman–Crippen MR) is 82.8 cm³/mol. The molecule has 4 nitrogen and oxygen atoms in total. The number of hydrogen-bond acceptors (Lipinski definition) is 4. The number of rotatable bonds is 3. The van der Waals surface area contributed by atoms with Crippen LogP contribution in [0.5, 0.6) is 0 Å². The zero-order chi connectivity index (χ0) is 14.9. The Kier molecular flexibility index (Phi) is 4.06. The number of para-hydroxylation sites is 1. The Labute approximate surface area is 123 Å². The normalized spacial score (nSPS) is 18.4. The minimum Gasteiger partial charge on any atom is -0.298 e. The maximum absolute atomic E-state index is 12.7. The highest BCUT2D eigenvalue weighted by atomic mass is 32.3. The third-order valence-electron chi connectivity index (χ3n) is 3.17. The van der Waals surface area contributed by atoms with Gasteiger partial charge in [-0.25, -0.2) is 12.7 Å². The first-order valence-corrected chi connectivity index (χ1v) is 8.63. The smallest absolute Gasteiger partial charge is 0.274 e. The maximum atomic E-state index is 12.7. The van der Waals surface area contributed by atoms with Crippen molar-refractivity contribution in [2.45, 2.75) is 13.8 Å². The molecule has 0 N–H and O–H groups in total. The molecule has 0 unspecified atom stereocenters. The van der Waals surface area contributed by atoms with E-state index in [1.807, 2.05) is 6.07 Å². The largest absolute Gasteiger partial charge is 0.298 e. The molecule has 0 radical (unpaired) electrons. The average Bonchev–Trinajstić information content (AvgIpc) is 2.40. The van der Waals surface area contributed by atoms with E-state index in [9.17, 15) is 13.2 Å². The molecule has 2 rings (SSSR count). The standard InChI is InChI=1S/C14H15NO3S2/c1-10-13(9-16)11(2)15(12-7-5-4-6-8-12)20(17,18)14(10)19-3/h4-9H,1-3H3. The molecule has 0 aromatic heterocycles. The van der Waals surface area contributed by atoms with Crippen molar-refractivity contribution in [3.05, 3.63) is 51.4 Å². The van der Waals surface area contributed by atoms with Crippen LogP contribution >= 0.6 is 11.8 Å². The summed E-state index contributed by atoms with van der Waals surface area (Å²) in [7, 11) is -3.65. The Morgan fingerprint density at radius 2 is 1.75 bits per heavy atom. The second-order valence-corrected chi connectivity index (χ2v) is 7.14. The van der Waals surface area contributed by atoms with Crippen molar-refractivity contribution in [2.24, 2.45) is 0 Å². The molecular weight excluding hydrogens is 294 g/mol.